The van der Waals surface area contributed by atoms with Gasteiger partial charge in [-0.05, 0) is 11.6 Å². The van der Waals surface area contributed by atoms with Crippen LogP contribution in [0.15, 0.2) is 35.8 Å². The Morgan fingerprint density at radius 2 is 2.19 bits per heavy atom. The highest BCUT2D eigenvalue weighted by Crippen LogP contribution is 2.23. The lowest BCUT2D eigenvalue weighted by atomic mass is 10.0. The molecule has 1 heterocycles. The highest BCUT2D eigenvalue weighted by molar-refractivity contribution is 7.09. The molecule has 2 aromatic rings. The Hall–Kier alpha value is -1.43. The fourth-order valence-electron chi connectivity index (χ4n) is 1.62. The number of hydrogen-bond acceptors (Lipinski definition) is 5. The van der Waals surface area contributed by atoms with E-state index in [1.165, 1.54) is 0 Å². The fourth-order valence-corrected chi connectivity index (χ4v) is 2.28. The van der Waals surface area contributed by atoms with Crippen LogP contribution in [0.4, 0.5) is 5.69 Å². The van der Waals surface area contributed by atoms with Crippen LogP contribution in [0.1, 0.15) is 16.6 Å². The number of thiazole rings is 1. The van der Waals surface area contributed by atoms with Crippen LogP contribution in [0, 0.1) is 0 Å². The van der Waals surface area contributed by atoms with Gasteiger partial charge in [-0.2, -0.15) is 0 Å². The van der Waals surface area contributed by atoms with E-state index in [9.17, 15) is 0 Å². The van der Waals surface area contributed by atoms with E-state index >= 15 is 0 Å². The molecule has 0 amide bonds. The third-order valence-corrected chi connectivity index (χ3v) is 3.24. The van der Waals surface area contributed by atoms with E-state index in [1.807, 2.05) is 29.6 Å². The Kier molecular flexibility index (Phi) is 3.51. The first-order chi connectivity index (χ1) is 7.81. The number of nitrogens with one attached hydrogen (secondary N) is 1. The van der Waals surface area contributed by atoms with Gasteiger partial charge >= 0.3 is 0 Å². The zero-order valence-corrected chi connectivity index (χ0v) is 9.58. The molecule has 0 fully saturated rings. The van der Waals surface area contributed by atoms with Crippen molar-refractivity contribution < 1.29 is 0 Å². The molecule has 5 N–H and O–H groups in total. The molecular formula is C11H14N4S. The Morgan fingerprint density at radius 1 is 1.38 bits per heavy atom. The van der Waals surface area contributed by atoms with Gasteiger partial charge in [0.25, 0.3) is 0 Å². The van der Waals surface area contributed by atoms with Gasteiger partial charge in [0.05, 0.1) is 11.0 Å². The van der Waals surface area contributed by atoms with E-state index in [2.05, 4.69) is 10.4 Å². The number of nitrogens with two attached hydrogens (primary N) is 2. The second-order valence-corrected chi connectivity index (χ2v) is 4.46. The molecule has 0 aliphatic carbocycles. The monoisotopic (exact) mass is 234 g/mol. The minimum atomic E-state index is 0.00681. The van der Waals surface area contributed by atoms with Crippen molar-refractivity contribution in [2.24, 2.45) is 5.84 Å². The topological polar surface area (TPSA) is 77.0 Å². The summed E-state index contributed by atoms with van der Waals surface area (Å²) in [6.07, 6.45) is 2.55. The van der Waals surface area contributed by atoms with E-state index in [1.54, 1.807) is 17.5 Å². The average Bonchev–Trinajstić information content (AvgIpc) is 2.80. The van der Waals surface area contributed by atoms with E-state index in [-0.39, 0.29) is 6.04 Å². The maximum absolute atomic E-state index is 5.91. The summed E-state index contributed by atoms with van der Waals surface area (Å²) in [6, 6.07) is 7.73. The van der Waals surface area contributed by atoms with Gasteiger partial charge in [-0.3, -0.25) is 11.3 Å². The minimum Gasteiger partial charge on any atom is -0.398 e. The summed E-state index contributed by atoms with van der Waals surface area (Å²) in [6.45, 7) is 0. The summed E-state index contributed by atoms with van der Waals surface area (Å²) in [5.74, 6) is 5.56. The minimum absolute atomic E-state index is 0.00681. The van der Waals surface area contributed by atoms with Crippen LogP contribution in [-0.2, 0) is 6.42 Å². The standard InChI is InChI=1S/C11H14N4S/c12-9-4-2-1-3-8(9)10(15-13)7-11-14-5-6-16-11/h1-6,10,15H,7,12-13H2. The normalized spacial score (nSPS) is 12.6. The van der Waals surface area contributed by atoms with Gasteiger partial charge in [0.2, 0.25) is 0 Å². The van der Waals surface area contributed by atoms with Crippen LogP contribution >= 0.6 is 11.3 Å². The van der Waals surface area contributed by atoms with Gasteiger partial charge in [0, 0.05) is 23.7 Å². The van der Waals surface area contributed by atoms with Crippen LogP contribution in [0.25, 0.3) is 0 Å². The van der Waals surface area contributed by atoms with Crippen LogP contribution in [0.5, 0.6) is 0 Å². The van der Waals surface area contributed by atoms with Crippen molar-refractivity contribution in [1.29, 1.82) is 0 Å². The average molecular weight is 234 g/mol. The molecule has 16 heavy (non-hydrogen) atoms. The third-order valence-electron chi connectivity index (χ3n) is 2.43. The zero-order chi connectivity index (χ0) is 11.4. The molecule has 1 unspecified atom stereocenters. The molecule has 1 aromatic heterocycles. The maximum Gasteiger partial charge on any atom is 0.0944 e. The summed E-state index contributed by atoms with van der Waals surface area (Å²) >= 11 is 1.62. The Bertz CT molecular complexity index is 441. The molecule has 0 saturated heterocycles. The summed E-state index contributed by atoms with van der Waals surface area (Å²) in [5, 5.41) is 3.00. The van der Waals surface area contributed by atoms with Gasteiger partial charge in [-0.1, -0.05) is 18.2 Å². The molecule has 0 bridgehead atoms. The summed E-state index contributed by atoms with van der Waals surface area (Å²) in [7, 11) is 0. The molecule has 0 aliphatic rings. The second-order valence-electron chi connectivity index (χ2n) is 3.48. The molecule has 1 aromatic carbocycles. The molecule has 4 nitrogen and oxygen atoms in total. The number of anilines is 1. The first kappa shape index (κ1) is 11.1. The molecular weight excluding hydrogens is 220 g/mol. The maximum atomic E-state index is 5.91. The first-order valence-electron chi connectivity index (χ1n) is 5.00. The molecule has 0 radical (unpaired) electrons. The van der Waals surface area contributed by atoms with Crippen molar-refractivity contribution in [3.8, 4) is 0 Å². The van der Waals surface area contributed by atoms with Gasteiger partial charge in [-0.25, -0.2) is 4.98 Å². The highest BCUT2D eigenvalue weighted by Gasteiger charge is 2.14. The number of para-hydroxylation sites is 1. The van der Waals surface area contributed by atoms with Crippen LogP contribution < -0.4 is 17.0 Å². The van der Waals surface area contributed by atoms with Crippen LogP contribution in [-0.4, -0.2) is 4.98 Å². The van der Waals surface area contributed by atoms with Gasteiger partial charge < -0.3 is 5.73 Å². The Labute approximate surface area is 98.3 Å². The van der Waals surface area contributed by atoms with Crippen LogP contribution in [0.3, 0.4) is 0 Å². The van der Waals surface area contributed by atoms with E-state index in [0.29, 0.717) is 0 Å². The van der Waals surface area contributed by atoms with Gasteiger partial charge in [-0.15, -0.1) is 11.3 Å². The van der Waals surface area contributed by atoms with Crippen molar-refractivity contribution in [3.63, 3.8) is 0 Å². The van der Waals surface area contributed by atoms with Crippen molar-refractivity contribution in [3.05, 3.63) is 46.4 Å². The number of hydrogen-bond donors (Lipinski definition) is 3. The molecule has 5 heteroatoms. The molecule has 2 rings (SSSR count). The Morgan fingerprint density at radius 3 is 2.81 bits per heavy atom. The molecule has 1 atom stereocenters. The lowest BCUT2D eigenvalue weighted by Crippen LogP contribution is -2.30. The van der Waals surface area contributed by atoms with Crippen molar-refractivity contribution in [1.82, 2.24) is 10.4 Å². The van der Waals surface area contributed by atoms with Gasteiger partial charge in [0.1, 0.15) is 0 Å². The SMILES string of the molecule is NNC(Cc1nccs1)c1ccccc1N. The predicted octanol–water partition coefficient (Wildman–Crippen LogP) is 1.47. The van der Waals surface area contributed by atoms with Crippen molar-refractivity contribution >= 4 is 17.0 Å². The summed E-state index contributed by atoms with van der Waals surface area (Å²) in [5.41, 5.74) is 10.5. The molecule has 84 valence electrons. The lowest BCUT2D eigenvalue weighted by molar-refractivity contribution is 0.552. The van der Waals surface area contributed by atoms with Crippen molar-refractivity contribution in [2.75, 3.05) is 5.73 Å². The van der Waals surface area contributed by atoms with E-state index in [4.69, 9.17) is 11.6 Å². The number of nitrogens with zero attached hydrogens (tertiary/aromatic N) is 1. The number of hydrazine groups is 1. The van der Waals surface area contributed by atoms with Crippen molar-refractivity contribution in [2.45, 2.75) is 12.5 Å². The van der Waals surface area contributed by atoms with E-state index in [0.717, 1.165) is 22.7 Å². The summed E-state index contributed by atoms with van der Waals surface area (Å²) in [4.78, 5) is 4.24. The lowest BCUT2D eigenvalue weighted by Gasteiger charge is -2.16. The number of nitrogen functional groups attached to an aromatic ring is 1. The number of benzene rings is 1. The number of aromatic nitrogens is 1. The fraction of sp³-hybridized carbons (Fsp3) is 0.182. The Balaban J connectivity index is 2.20. The zero-order valence-electron chi connectivity index (χ0n) is 8.76. The van der Waals surface area contributed by atoms with Gasteiger partial charge in [0.15, 0.2) is 0 Å². The summed E-state index contributed by atoms with van der Waals surface area (Å²) < 4.78 is 0. The number of rotatable bonds is 4. The van der Waals surface area contributed by atoms with Crippen LogP contribution in [0.2, 0.25) is 0 Å². The van der Waals surface area contributed by atoms with E-state index < -0.39 is 0 Å². The second kappa shape index (κ2) is 5.07. The molecule has 0 spiro atoms. The highest BCUT2D eigenvalue weighted by atomic mass is 32.1. The smallest absolute Gasteiger partial charge is 0.0944 e. The third kappa shape index (κ3) is 2.38. The predicted molar refractivity (Wildman–Crippen MR) is 66.7 cm³/mol. The quantitative estimate of drug-likeness (QED) is 0.425. The largest absolute Gasteiger partial charge is 0.398 e. The molecule has 0 saturated carbocycles. The molecule has 0 aliphatic heterocycles. The first-order valence-corrected chi connectivity index (χ1v) is 5.88.